The Hall–Kier alpha value is -3.28. The van der Waals surface area contributed by atoms with Crippen LogP contribution in [0.3, 0.4) is 0 Å². The molecule has 0 bridgehead atoms. The van der Waals surface area contributed by atoms with Gasteiger partial charge in [-0.05, 0) is 25.1 Å². The van der Waals surface area contributed by atoms with Crippen molar-refractivity contribution in [1.29, 1.82) is 0 Å². The van der Waals surface area contributed by atoms with E-state index < -0.39 is 12.1 Å². The molecule has 5 rings (SSSR count). The number of carbonyl (C=O) groups excluding carboxylic acids is 1. The predicted molar refractivity (Wildman–Crippen MR) is 109 cm³/mol. The normalized spacial score (nSPS) is 22.1. The van der Waals surface area contributed by atoms with Crippen molar-refractivity contribution in [3.63, 3.8) is 0 Å². The molecule has 12 heteroatoms. The van der Waals surface area contributed by atoms with Crippen molar-refractivity contribution in [3.8, 4) is 11.5 Å². The van der Waals surface area contributed by atoms with E-state index in [4.69, 9.17) is 19.4 Å². The summed E-state index contributed by atoms with van der Waals surface area (Å²) in [4.78, 5) is 26.0. The zero-order chi connectivity index (χ0) is 23.8. The summed E-state index contributed by atoms with van der Waals surface area (Å²) in [5.74, 6) is -1.08. The lowest BCUT2D eigenvalue weighted by Gasteiger charge is -2.24. The number of likely N-dealkylation sites (tertiary alicyclic amines) is 1. The summed E-state index contributed by atoms with van der Waals surface area (Å²) < 4.78 is 44.4. The number of benzene rings is 1. The Bertz CT molecular complexity index is 1060. The average molecular weight is 468 g/mol. The average Bonchev–Trinajstić information content (AvgIpc) is 3.50. The van der Waals surface area contributed by atoms with Gasteiger partial charge in [0.1, 0.15) is 0 Å². The van der Waals surface area contributed by atoms with E-state index in [-0.39, 0.29) is 18.1 Å². The van der Waals surface area contributed by atoms with E-state index in [9.17, 15) is 18.0 Å². The van der Waals surface area contributed by atoms with Crippen LogP contribution in [0, 0.1) is 5.41 Å². The van der Waals surface area contributed by atoms with Crippen molar-refractivity contribution in [1.82, 2.24) is 14.7 Å². The van der Waals surface area contributed by atoms with Gasteiger partial charge in [-0.25, -0.2) is 4.79 Å². The predicted octanol–water partition coefficient (Wildman–Crippen LogP) is 2.41. The van der Waals surface area contributed by atoms with Crippen molar-refractivity contribution in [2.75, 3.05) is 31.3 Å². The molecule has 4 heterocycles. The van der Waals surface area contributed by atoms with E-state index >= 15 is 0 Å². The lowest BCUT2D eigenvalue weighted by molar-refractivity contribution is -0.192. The first-order valence-corrected chi connectivity index (χ1v) is 10.2. The topological polar surface area (TPSA) is 97.1 Å². The molecule has 1 unspecified atom stereocenters. The number of carboxylic acid groups (broad SMARTS) is 1. The minimum Gasteiger partial charge on any atom is -0.475 e. The third-order valence-electron chi connectivity index (χ3n) is 5.91. The Kier molecular flexibility index (Phi) is 5.95. The maximum absolute atomic E-state index is 12.7. The molecule has 2 aromatic rings. The zero-order valence-electron chi connectivity index (χ0n) is 17.8. The summed E-state index contributed by atoms with van der Waals surface area (Å²) >= 11 is 0. The number of aromatic nitrogens is 2. The number of halogens is 3. The van der Waals surface area contributed by atoms with Gasteiger partial charge in [0, 0.05) is 62.0 Å². The second kappa shape index (κ2) is 8.58. The van der Waals surface area contributed by atoms with Crippen molar-refractivity contribution in [2.45, 2.75) is 25.6 Å². The Morgan fingerprint density at radius 2 is 1.97 bits per heavy atom. The summed E-state index contributed by atoms with van der Waals surface area (Å²) in [7, 11) is 1.94. The van der Waals surface area contributed by atoms with E-state index in [1.807, 2.05) is 41.0 Å². The number of fused-ring (bicyclic) bond motifs is 1. The maximum atomic E-state index is 12.7. The van der Waals surface area contributed by atoms with Gasteiger partial charge in [0.2, 0.25) is 12.7 Å². The summed E-state index contributed by atoms with van der Waals surface area (Å²) in [6.45, 7) is 3.90. The lowest BCUT2D eigenvalue weighted by atomic mass is 9.86. The smallest absolute Gasteiger partial charge is 0.475 e. The van der Waals surface area contributed by atoms with Gasteiger partial charge in [-0.1, -0.05) is 0 Å². The van der Waals surface area contributed by atoms with Gasteiger partial charge in [-0.2, -0.15) is 18.3 Å². The fraction of sp³-hybridized carbons (Fsp3) is 0.476. The molecule has 1 aromatic carbocycles. The Morgan fingerprint density at radius 1 is 1.24 bits per heavy atom. The van der Waals surface area contributed by atoms with Crippen LogP contribution in [0.2, 0.25) is 0 Å². The number of carbonyl (C=O) groups is 2. The second-order valence-corrected chi connectivity index (χ2v) is 8.48. The number of nitrogens with zero attached hydrogens (tertiary/aromatic N) is 4. The molecule has 1 amide bonds. The fourth-order valence-corrected chi connectivity index (χ4v) is 4.43. The van der Waals surface area contributed by atoms with Crippen molar-refractivity contribution >= 4 is 17.6 Å². The van der Waals surface area contributed by atoms with Crippen molar-refractivity contribution in [2.24, 2.45) is 12.5 Å². The van der Waals surface area contributed by atoms with Gasteiger partial charge < -0.3 is 19.5 Å². The van der Waals surface area contributed by atoms with E-state index in [2.05, 4.69) is 16.2 Å². The Labute approximate surface area is 187 Å². The quantitative estimate of drug-likeness (QED) is 0.739. The molecule has 2 fully saturated rings. The largest absolute Gasteiger partial charge is 0.490 e. The standard InChI is InChI=1S/C19H22N4O3.C2HF3O2/c1-21-9-14(8-20-21)10-22-5-4-19(11-22)7-18(24)23(12-19)15-2-3-16-17(6-15)26-13-25-16;3-2(4,5)1(6)7/h2-3,6,8-9H,4-5,7,10-13H2,1H3;(H,6,7). The summed E-state index contributed by atoms with van der Waals surface area (Å²) in [6.07, 6.45) is 0.568. The molecule has 1 N–H and O–H groups in total. The Morgan fingerprint density at radius 3 is 2.64 bits per heavy atom. The van der Waals surface area contributed by atoms with Crippen molar-refractivity contribution < 1.29 is 37.3 Å². The van der Waals surface area contributed by atoms with Crippen LogP contribution >= 0.6 is 0 Å². The summed E-state index contributed by atoms with van der Waals surface area (Å²) in [5, 5.41) is 11.4. The van der Waals surface area contributed by atoms with E-state index in [0.717, 1.165) is 49.8 Å². The number of hydrogen-bond donors (Lipinski definition) is 1. The SMILES string of the molecule is Cn1cc(CN2CCC3(CC(=O)N(c4ccc5c(c4)OCO5)C3)C2)cn1.O=C(O)C(F)(F)F. The molecule has 9 nitrogen and oxygen atoms in total. The first-order chi connectivity index (χ1) is 15.5. The number of alkyl halides is 3. The fourth-order valence-electron chi connectivity index (χ4n) is 4.43. The molecule has 33 heavy (non-hydrogen) atoms. The van der Waals surface area contributed by atoms with Crippen LogP contribution in [-0.2, 0) is 23.2 Å². The first-order valence-electron chi connectivity index (χ1n) is 10.2. The van der Waals surface area contributed by atoms with Crippen LogP contribution < -0.4 is 14.4 Å². The zero-order valence-corrected chi connectivity index (χ0v) is 17.8. The molecule has 3 aliphatic heterocycles. The van der Waals surface area contributed by atoms with Crippen LogP contribution in [0.25, 0.3) is 0 Å². The van der Waals surface area contributed by atoms with Crippen LogP contribution in [0.15, 0.2) is 30.6 Å². The third-order valence-corrected chi connectivity index (χ3v) is 5.91. The van der Waals surface area contributed by atoms with Gasteiger partial charge in [0.05, 0.1) is 6.20 Å². The highest BCUT2D eigenvalue weighted by Gasteiger charge is 2.47. The molecule has 1 spiro atoms. The number of anilines is 1. The van der Waals surface area contributed by atoms with Crippen molar-refractivity contribution in [3.05, 3.63) is 36.2 Å². The number of ether oxygens (including phenoxy) is 2. The molecule has 1 atom stereocenters. The van der Waals surface area contributed by atoms with E-state index in [0.29, 0.717) is 6.42 Å². The number of carboxylic acids is 1. The molecule has 2 saturated heterocycles. The highest BCUT2D eigenvalue weighted by Crippen LogP contribution is 2.44. The summed E-state index contributed by atoms with van der Waals surface area (Å²) in [6, 6.07) is 5.76. The van der Waals surface area contributed by atoms with Crippen LogP contribution in [0.4, 0.5) is 18.9 Å². The highest BCUT2D eigenvalue weighted by molar-refractivity contribution is 5.96. The van der Waals surface area contributed by atoms with Gasteiger partial charge in [0.15, 0.2) is 11.5 Å². The Balaban J connectivity index is 0.000000325. The molecule has 3 aliphatic rings. The molecule has 1 aromatic heterocycles. The number of amides is 1. The van der Waals surface area contributed by atoms with E-state index in [1.165, 1.54) is 5.56 Å². The molecular formula is C21H23F3N4O5. The second-order valence-electron chi connectivity index (χ2n) is 8.48. The van der Waals surface area contributed by atoms with Gasteiger partial charge in [-0.15, -0.1) is 0 Å². The minimum absolute atomic E-state index is 0.0513. The van der Waals surface area contributed by atoms with Gasteiger partial charge >= 0.3 is 12.1 Å². The maximum Gasteiger partial charge on any atom is 0.490 e. The molecule has 0 saturated carbocycles. The summed E-state index contributed by atoms with van der Waals surface area (Å²) in [5.41, 5.74) is 2.18. The van der Waals surface area contributed by atoms with Crippen LogP contribution in [0.1, 0.15) is 18.4 Å². The molecule has 178 valence electrons. The van der Waals surface area contributed by atoms with Gasteiger partial charge in [-0.3, -0.25) is 14.4 Å². The van der Waals surface area contributed by atoms with Crippen LogP contribution in [-0.4, -0.2) is 64.3 Å². The minimum atomic E-state index is -5.08. The monoisotopic (exact) mass is 468 g/mol. The highest BCUT2D eigenvalue weighted by atomic mass is 19.4. The number of aliphatic carboxylic acids is 1. The molecule has 0 radical (unpaired) electrons. The lowest BCUT2D eigenvalue weighted by Crippen LogP contribution is -2.31. The first kappa shape index (κ1) is 22.9. The number of rotatable bonds is 3. The van der Waals surface area contributed by atoms with E-state index in [1.54, 1.807) is 0 Å². The molecular weight excluding hydrogens is 445 g/mol. The van der Waals surface area contributed by atoms with Crippen LogP contribution in [0.5, 0.6) is 11.5 Å². The molecule has 0 aliphatic carbocycles. The third kappa shape index (κ3) is 5.05. The van der Waals surface area contributed by atoms with Gasteiger partial charge in [0.25, 0.3) is 0 Å². The number of hydrogen-bond acceptors (Lipinski definition) is 6. The number of aryl methyl sites for hydroxylation is 1.